The monoisotopic (exact) mass is 225 g/mol. The lowest BCUT2D eigenvalue weighted by Gasteiger charge is -2.07. The molecule has 88 valence electrons. The van der Waals surface area contributed by atoms with Crippen LogP contribution in [0.25, 0.3) is 0 Å². The van der Waals surface area contributed by atoms with Crippen LogP contribution in [0.4, 0.5) is 0 Å². The van der Waals surface area contributed by atoms with Crippen molar-refractivity contribution in [1.29, 1.82) is 5.26 Å². The van der Waals surface area contributed by atoms with Gasteiger partial charge >= 0.3 is 5.97 Å². The summed E-state index contributed by atoms with van der Waals surface area (Å²) in [4.78, 5) is 21.5. The third-order valence-electron chi connectivity index (χ3n) is 1.51. The zero-order valence-electron chi connectivity index (χ0n) is 9.28. The van der Waals surface area contributed by atoms with Gasteiger partial charge in [-0.1, -0.05) is 0 Å². The van der Waals surface area contributed by atoms with Crippen LogP contribution >= 0.6 is 0 Å². The maximum absolute atomic E-state index is 11.4. The van der Waals surface area contributed by atoms with E-state index in [0.717, 1.165) is 0 Å². The molecule has 16 heavy (non-hydrogen) atoms. The minimum Gasteiger partial charge on any atom is -0.481 e. The Labute approximate surface area is 93.9 Å². The Balaban J connectivity index is 4.17. The van der Waals surface area contributed by atoms with E-state index >= 15 is 0 Å². The molecule has 3 N–H and O–H groups in total. The zero-order valence-corrected chi connectivity index (χ0v) is 9.28. The quantitative estimate of drug-likeness (QED) is 0.335. The molecule has 0 saturated carbocycles. The van der Waals surface area contributed by atoms with Crippen LogP contribution in [-0.2, 0) is 9.59 Å². The third kappa shape index (κ3) is 6.43. The Kier molecular flexibility index (Phi) is 6.36. The van der Waals surface area contributed by atoms with E-state index in [1.165, 1.54) is 6.20 Å². The first kappa shape index (κ1) is 14.0. The Morgan fingerprint density at radius 1 is 1.50 bits per heavy atom. The van der Waals surface area contributed by atoms with E-state index in [2.05, 4.69) is 10.6 Å². The number of carboxylic acids is 1. The summed E-state index contributed by atoms with van der Waals surface area (Å²) in [5.41, 5.74) is -0.0703. The molecule has 0 bridgehead atoms. The molecule has 6 heteroatoms. The maximum Gasteiger partial charge on any atom is 0.305 e. The number of nitrogens with one attached hydrogen (secondary N) is 2. The van der Waals surface area contributed by atoms with Crippen LogP contribution in [0, 0.1) is 11.3 Å². The topological polar surface area (TPSA) is 102 Å². The van der Waals surface area contributed by atoms with E-state index < -0.39 is 11.9 Å². The van der Waals surface area contributed by atoms with Crippen molar-refractivity contribution in [3.8, 4) is 6.07 Å². The fourth-order valence-electron chi connectivity index (χ4n) is 0.842. The summed E-state index contributed by atoms with van der Waals surface area (Å²) in [5.74, 6) is -1.41. The summed E-state index contributed by atoms with van der Waals surface area (Å²) < 4.78 is 0. The summed E-state index contributed by atoms with van der Waals surface area (Å²) >= 11 is 0. The number of carbonyl (C=O) groups excluding carboxylic acids is 1. The molecular weight excluding hydrogens is 210 g/mol. The van der Waals surface area contributed by atoms with E-state index in [-0.39, 0.29) is 24.6 Å². The predicted molar refractivity (Wildman–Crippen MR) is 57.2 cm³/mol. The lowest BCUT2D eigenvalue weighted by Crippen LogP contribution is -2.31. The molecule has 0 aromatic heterocycles. The van der Waals surface area contributed by atoms with Crippen molar-refractivity contribution in [2.45, 2.75) is 26.3 Å². The number of amides is 1. The molecule has 0 spiro atoms. The van der Waals surface area contributed by atoms with Gasteiger partial charge in [-0.2, -0.15) is 5.26 Å². The van der Waals surface area contributed by atoms with E-state index in [0.29, 0.717) is 0 Å². The Morgan fingerprint density at radius 2 is 2.12 bits per heavy atom. The molecule has 0 saturated heterocycles. The van der Waals surface area contributed by atoms with Crippen LogP contribution in [0.5, 0.6) is 0 Å². The van der Waals surface area contributed by atoms with E-state index in [4.69, 9.17) is 10.4 Å². The van der Waals surface area contributed by atoms with Gasteiger partial charge in [-0.25, -0.2) is 0 Å². The highest BCUT2D eigenvalue weighted by atomic mass is 16.4. The molecule has 0 atom stereocenters. The highest BCUT2D eigenvalue weighted by Gasteiger charge is 2.09. The summed E-state index contributed by atoms with van der Waals surface area (Å²) in [5, 5.41) is 22.2. The van der Waals surface area contributed by atoms with Crippen molar-refractivity contribution < 1.29 is 14.7 Å². The minimum absolute atomic E-state index is 0.0525. The fourth-order valence-corrected chi connectivity index (χ4v) is 0.842. The van der Waals surface area contributed by atoms with Crippen molar-refractivity contribution in [2.24, 2.45) is 0 Å². The summed E-state index contributed by atoms with van der Waals surface area (Å²) in [7, 11) is 0. The Hall–Kier alpha value is -2.03. The van der Waals surface area contributed by atoms with Gasteiger partial charge < -0.3 is 15.7 Å². The molecule has 0 heterocycles. The Morgan fingerprint density at radius 3 is 2.56 bits per heavy atom. The molecule has 1 amide bonds. The summed E-state index contributed by atoms with van der Waals surface area (Å²) in [6, 6.07) is 1.68. The van der Waals surface area contributed by atoms with Gasteiger partial charge in [-0.05, 0) is 13.8 Å². The van der Waals surface area contributed by atoms with Gasteiger partial charge in [-0.15, -0.1) is 0 Å². The zero-order chi connectivity index (χ0) is 12.6. The molecule has 0 aliphatic rings. The number of rotatable bonds is 6. The maximum atomic E-state index is 11.4. The van der Waals surface area contributed by atoms with E-state index in [9.17, 15) is 9.59 Å². The molecule has 0 aromatic carbocycles. The Bertz CT molecular complexity index is 329. The molecule has 0 aliphatic carbocycles. The first-order chi connectivity index (χ1) is 7.47. The van der Waals surface area contributed by atoms with Crippen LogP contribution in [0.15, 0.2) is 11.8 Å². The second-order valence-corrected chi connectivity index (χ2v) is 3.40. The number of hydrogen-bond donors (Lipinski definition) is 3. The number of carboxylic acid groups (broad SMARTS) is 1. The molecule has 0 radical (unpaired) electrons. The van der Waals surface area contributed by atoms with Crippen LogP contribution < -0.4 is 10.6 Å². The smallest absolute Gasteiger partial charge is 0.305 e. The molecule has 0 fully saturated rings. The van der Waals surface area contributed by atoms with Gasteiger partial charge in [0.2, 0.25) is 0 Å². The second-order valence-electron chi connectivity index (χ2n) is 3.40. The molecule has 0 unspecified atom stereocenters. The lowest BCUT2D eigenvalue weighted by atomic mass is 10.2. The van der Waals surface area contributed by atoms with Gasteiger partial charge in [-0.3, -0.25) is 9.59 Å². The average Bonchev–Trinajstić information content (AvgIpc) is 2.16. The van der Waals surface area contributed by atoms with Crippen molar-refractivity contribution in [1.82, 2.24) is 10.6 Å². The van der Waals surface area contributed by atoms with Crippen molar-refractivity contribution in [2.75, 3.05) is 6.54 Å². The minimum atomic E-state index is -0.939. The largest absolute Gasteiger partial charge is 0.481 e. The SMILES string of the molecule is CC(C)NC(=O)/C(C#N)=C\NCCC(=O)O. The summed E-state index contributed by atoms with van der Waals surface area (Å²) in [6.07, 6.45) is 1.15. The third-order valence-corrected chi connectivity index (χ3v) is 1.51. The molecule has 6 nitrogen and oxygen atoms in total. The average molecular weight is 225 g/mol. The van der Waals surface area contributed by atoms with Gasteiger partial charge in [0.1, 0.15) is 11.6 Å². The van der Waals surface area contributed by atoms with Crippen LogP contribution in [-0.4, -0.2) is 29.6 Å². The molecule has 0 aliphatic heterocycles. The number of carbonyl (C=O) groups is 2. The predicted octanol–water partition coefficient (Wildman–Crippen LogP) is -0.0172. The molecular formula is C10H15N3O3. The first-order valence-electron chi connectivity index (χ1n) is 4.83. The van der Waals surface area contributed by atoms with Crippen LogP contribution in [0.1, 0.15) is 20.3 Å². The van der Waals surface area contributed by atoms with Crippen molar-refractivity contribution in [3.63, 3.8) is 0 Å². The fraction of sp³-hybridized carbons (Fsp3) is 0.500. The normalized spacial score (nSPS) is 10.8. The standard InChI is InChI=1S/C10H15N3O3/c1-7(2)13-10(16)8(5-11)6-12-4-3-9(14)15/h6-7,12H,3-4H2,1-2H3,(H,13,16)(H,14,15)/b8-6-. The van der Waals surface area contributed by atoms with Gasteiger partial charge in [0.05, 0.1) is 6.42 Å². The van der Waals surface area contributed by atoms with Crippen LogP contribution in [0.3, 0.4) is 0 Å². The number of nitrogens with zero attached hydrogens (tertiary/aromatic N) is 1. The van der Waals surface area contributed by atoms with E-state index in [1.807, 2.05) is 0 Å². The van der Waals surface area contributed by atoms with Gasteiger partial charge in [0.15, 0.2) is 0 Å². The first-order valence-corrected chi connectivity index (χ1v) is 4.83. The van der Waals surface area contributed by atoms with Crippen molar-refractivity contribution in [3.05, 3.63) is 11.8 Å². The molecule has 0 aromatic rings. The lowest BCUT2D eigenvalue weighted by molar-refractivity contribution is -0.136. The number of aliphatic carboxylic acids is 1. The van der Waals surface area contributed by atoms with Gasteiger partial charge in [0.25, 0.3) is 5.91 Å². The number of nitriles is 1. The van der Waals surface area contributed by atoms with Gasteiger partial charge in [0, 0.05) is 18.8 Å². The number of hydrogen-bond acceptors (Lipinski definition) is 4. The van der Waals surface area contributed by atoms with Crippen LogP contribution in [0.2, 0.25) is 0 Å². The van der Waals surface area contributed by atoms with Crippen molar-refractivity contribution >= 4 is 11.9 Å². The highest BCUT2D eigenvalue weighted by molar-refractivity contribution is 5.97. The second kappa shape index (κ2) is 7.29. The molecule has 0 rings (SSSR count). The van der Waals surface area contributed by atoms with E-state index in [1.54, 1.807) is 19.9 Å². The summed E-state index contributed by atoms with van der Waals surface area (Å²) in [6.45, 7) is 3.74. The highest BCUT2D eigenvalue weighted by Crippen LogP contribution is 1.92.